The van der Waals surface area contributed by atoms with Gasteiger partial charge in [-0.25, -0.2) is 0 Å². The van der Waals surface area contributed by atoms with Crippen molar-refractivity contribution in [1.82, 2.24) is 4.98 Å². The molecule has 0 saturated carbocycles. The second-order valence-corrected chi connectivity index (χ2v) is 7.03. The summed E-state index contributed by atoms with van der Waals surface area (Å²) in [6.07, 6.45) is 3.06. The van der Waals surface area contributed by atoms with Crippen molar-refractivity contribution in [2.24, 2.45) is 0 Å². The Morgan fingerprint density at radius 2 is 1.73 bits per heavy atom. The zero-order chi connectivity index (χ0) is 18.5. The highest BCUT2D eigenvalue weighted by atomic mass is 127. The molecule has 5 nitrogen and oxygen atoms in total. The molecule has 26 heavy (non-hydrogen) atoms. The zero-order valence-corrected chi connectivity index (χ0v) is 16.3. The van der Waals surface area contributed by atoms with E-state index in [4.69, 9.17) is 11.6 Å². The number of pyridine rings is 1. The smallest absolute Gasteiger partial charge is 0.257 e. The number of anilines is 2. The number of amides is 2. The van der Waals surface area contributed by atoms with E-state index >= 15 is 0 Å². The van der Waals surface area contributed by atoms with Crippen LogP contribution in [0.25, 0.3) is 0 Å². The van der Waals surface area contributed by atoms with Crippen LogP contribution in [0.2, 0.25) is 5.02 Å². The van der Waals surface area contributed by atoms with Gasteiger partial charge in [0.15, 0.2) is 0 Å². The first-order chi connectivity index (χ1) is 12.5. The van der Waals surface area contributed by atoms with E-state index in [1.54, 1.807) is 54.7 Å². The molecule has 1 heterocycles. The minimum Gasteiger partial charge on any atom is -0.322 e. The third-order valence-electron chi connectivity index (χ3n) is 3.50. The first-order valence-electron chi connectivity index (χ1n) is 7.61. The van der Waals surface area contributed by atoms with Crippen LogP contribution in [0, 0.1) is 3.57 Å². The summed E-state index contributed by atoms with van der Waals surface area (Å²) in [6.45, 7) is 0. The molecule has 1 aromatic heterocycles. The van der Waals surface area contributed by atoms with Crippen LogP contribution >= 0.6 is 34.2 Å². The molecule has 2 aromatic carbocycles. The van der Waals surface area contributed by atoms with E-state index in [1.165, 1.54) is 6.20 Å². The van der Waals surface area contributed by atoms with Gasteiger partial charge in [0.25, 0.3) is 11.8 Å². The summed E-state index contributed by atoms with van der Waals surface area (Å²) in [4.78, 5) is 29.0. The number of rotatable bonds is 4. The number of aromatic nitrogens is 1. The summed E-state index contributed by atoms with van der Waals surface area (Å²) in [5, 5.41) is 6.15. The molecule has 0 saturated heterocycles. The van der Waals surface area contributed by atoms with Gasteiger partial charge in [-0.3, -0.25) is 14.6 Å². The first-order valence-corrected chi connectivity index (χ1v) is 9.06. The predicted octanol–water partition coefficient (Wildman–Crippen LogP) is 4.84. The fourth-order valence-electron chi connectivity index (χ4n) is 2.24. The Morgan fingerprint density at radius 1 is 0.962 bits per heavy atom. The summed E-state index contributed by atoms with van der Waals surface area (Å²) in [7, 11) is 0. The molecule has 0 aliphatic rings. The highest BCUT2D eigenvalue weighted by Crippen LogP contribution is 2.22. The molecule has 0 unspecified atom stereocenters. The lowest BCUT2D eigenvalue weighted by Gasteiger charge is -2.12. The van der Waals surface area contributed by atoms with Gasteiger partial charge in [-0.05, 0) is 77.2 Å². The van der Waals surface area contributed by atoms with Gasteiger partial charge in [-0.15, -0.1) is 0 Å². The summed E-state index contributed by atoms with van der Waals surface area (Å²) < 4.78 is 0.878. The average molecular weight is 478 g/mol. The number of hydrogen-bond acceptors (Lipinski definition) is 3. The molecule has 0 aliphatic heterocycles. The maximum Gasteiger partial charge on any atom is 0.257 e. The highest BCUT2D eigenvalue weighted by Gasteiger charge is 2.15. The average Bonchev–Trinajstić information content (AvgIpc) is 2.65. The molecule has 130 valence electrons. The van der Waals surface area contributed by atoms with Gasteiger partial charge in [-0.2, -0.15) is 0 Å². The number of nitrogens with zero attached hydrogens (tertiary/aromatic N) is 1. The van der Waals surface area contributed by atoms with Crippen LogP contribution < -0.4 is 10.6 Å². The molecule has 0 radical (unpaired) electrons. The van der Waals surface area contributed by atoms with E-state index in [-0.39, 0.29) is 11.8 Å². The van der Waals surface area contributed by atoms with E-state index in [0.717, 1.165) is 3.57 Å². The van der Waals surface area contributed by atoms with E-state index < -0.39 is 0 Å². The second kappa shape index (κ2) is 8.29. The van der Waals surface area contributed by atoms with Crippen LogP contribution in [0.15, 0.2) is 67.0 Å². The largest absolute Gasteiger partial charge is 0.322 e. The quantitative estimate of drug-likeness (QED) is 0.528. The van der Waals surface area contributed by atoms with Crippen molar-refractivity contribution < 1.29 is 9.59 Å². The molecule has 2 N–H and O–H groups in total. The molecule has 0 spiro atoms. The Bertz CT molecular complexity index is 947. The van der Waals surface area contributed by atoms with E-state index in [9.17, 15) is 9.59 Å². The molecule has 0 aliphatic carbocycles. The first kappa shape index (κ1) is 18.3. The third kappa shape index (κ3) is 4.59. The summed E-state index contributed by atoms with van der Waals surface area (Å²) in [6, 6.07) is 15.4. The van der Waals surface area contributed by atoms with Crippen molar-refractivity contribution in [3.05, 3.63) is 86.7 Å². The number of carbonyl (C=O) groups is 2. The van der Waals surface area contributed by atoms with E-state index in [0.29, 0.717) is 27.5 Å². The third-order valence-corrected chi connectivity index (χ3v) is 4.42. The lowest BCUT2D eigenvalue weighted by molar-refractivity contribution is 0.102. The highest BCUT2D eigenvalue weighted by molar-refractivity contribution is 14.1. The number of nitrogens with one attached hydrogen (secondary N) is 2. The van der Waals surface area contributed by atoms with Crippen LogP contribution in [-0.4, -0.2) is 16.8 Å². The molecule has 3 aromatic rings. The van der Waals surface area contributed by atoms with E-state index in [2.05, 4.69) is 38.2 Å². The summed E-state index contributed by atoms with van der Waals surface area (Å²) >= 11 is 7.98. The Hall–Kier alpha value is -2.45. The van der Waals surface area contributed by atoms with Gasteiger partial charge in [0, 0.05) is 26.7 Å². The number of hydrogen-bond donors (Lipinski definition) is 2. The molecule has 7 heteroatoms. The second-order valence-electron chi connectivity index (χ2n) is 5.35. The molecular formula is C19H13ClIN3O2. The standard InChI is InChI=1S/C19H13ClIN3O2/c20-13-3-6-15(7-4-13)23-19(26)16-10-14(21)5-8-17(16)24-18(25)12-2-1-9-22-11-12/h1-11H,(H,23,26)(H,24,25). The number of halogens is 2. The maximum atomic E-state index is 12.7. The molecule has 0 atom stereocenters. The van der Waals surface area contributed by atoms with Gasteiger partial charge in [0.2, 0.25) is 0 Å². The minimum absolute atomic E-state index is 0.327. The molecular weight excluding hydrogens is 465 g/mol. The van der Waals surface area contributed by atoms with Crippen molar-refractivity contribution in [2.45, 2.75) is 0 Å². The molecule has 0 fully saturated rings. The van der Waals surface area contributed by atoms with Gasteiger partial charge >= 0.3 is 0 Å². The predicted molar refractivity (Wildman–Crippen MR) is 111 cm³/mol. The topological polar surface area (TPSA) is 71.1 Å². The van der Waals surface area contributed by atoms with Crippen molar-refractivity contribution in [1.29, 1.82) is 0 Å². The lowest BCUT2D eigenvalue weighted by Crippen LogP contribution is -2.18. The van der Waals surface area contributed by atoms with Gasteiger partial charge in [0.1, 0.15) is 0 Å². The van der Waals surface area contributed by atoms with Crippen LogP contribution in [0.5, 0.6) is 0 Å². The van der Waals surface area contributed by atoms with Crippen LogP contribution in [0.4, 0.5) is 11.4 Å². The van der Waals surface area contributed by atoms with E-state index in [1.807, 2.05) is 6.07 Å². The number of benzene rings is 2. The Morgan fingerprint density at radius 3 is 2.42 bits per heavy atom. The monoisotopic (exact) mass is 477 g/mol. The zero-order valence-electron chi connectivity index (χ0n) is 13.4. The molecule has 0 bridgehead atoms. The Kier molecular flexibility index (Phi) is 5.85. The van der Waals surface area contributed by atoms with Gasteiger partial charge in [0.05, 0.1) is 16.8 Å². The molecule has 2 amide bonds. The summed E-state index contributed by atoms with van der Waals surface area (Å²) in [5.74, 6) is -0.660. The maximum absolute atomic E-state index is 12.7. The van der Waals surface area contributed by atoms with Crippen LogP contribution in [0.1, 0.15) is 20.7 Å². The normalized spacial score (nSPS) is 10.2. The van der Waals surface area contributed by atoms with Crippen LogP contribution in [-0.2, 0) is 0 Å². The van der Waals surface area contributed by atoms with Crippen molar-refractivity contribution in [3.8, 4) is 0 Å². The fraction of sp³-hybridized carbons (Fsp3) is 0. The van der Waals surface area contributed by atoms with Crippen molar-refractivity contribution in [3.63, 3.8) is 0 Å². The fourth-order valence-corrected chi connectivity index (χ4v) is 2.85. The Labute approximate surface area is 168 Å². The molecule has 3 rings (SSSR count). The SMILES string of the molecule is O=C(Nc1ccc(I)cc1C(=O)Nc1ccc(Cl)cc1)c1cccnc1. The van der Waals surface area contributed by atoms with Crippen molar-refractivity contribution >= 4 is 57.4 Å². The number of carbonyl (C=O) groups excluding carboxylic acids is 2. The van der Waals surface area contributed by atoms with Gasteiger partial charge < -0.3 is 10.6 Å². The minimum atomic E-state index is -0.333. The van der Waals surface area contributed by atoms with Gasteiger partial charge in [-0.1, -0.05) is 11.6 Å². The Balaban J connectivity index is 1.84. The van der Waals surface area contributed by atoms with Crippen LogP contribution in [0.3, 0.4) is 0 Å². The lowest BCUT2D eigenvalue weighted by atomic mass is 10.1. The summed E-state index contributed by atoms with van der Waals surface area (Å²) in [5.41, 5.74) is 1.81. The van der Waals surface area contributed by atoms with Crippen molar-refractivity contribution in [2.75, 3.05) is 10.6 Å².